The molecule has 0 heteroatoms. The van der Waals surface area contributed by atoms with Gasteiger partial charge in [-0.25, -0.2) is 0 Å². The van der Waals surface area contributed by atoms with Crippen LogP contribution in [0.2, 0.25) is 0 Å². The highest BCUT2D eigenvalue weighted by atomic mass is 14.5. The topological polar surface area (TPSA) is 0 Å². The van der Waals surface area contributed by atoms with E-state index in [9.17, 15) is 0 Å². The van der Waals surface area contributed by atoms with E-state index < -0.39 is 0 Å². The van der Waals surface area contributed by atoms with E-state index in [2.05, 4.69) is 53.7 Å². The molecular formula is C20H38. The van der Waals surface area contributed by atoms with Gasteiger partial charge in [-0.2, -0.15) is 0 Å². The minimum absolute atomic E-state index is 0.834. The molecular weight excluding hydrogens is 240 g/mol. The van der Waals surface area contributed by atoms with Gasteiger partial charge in [-0.1, -0.05) is 73.0 Å². The third-order valence-electron chi connectivity index (χ3n) is 5.73. The van der Waals surface area contributed by atoms with Crippen LogP contribution in [0.4, 0.5) is 0 Å². The first kappa shape index (κ1) is 17.8. The molecule has 1 fully saturated rings. The van der Waals surface area contributed by atoms with Crippen LogP contribution in [0.3, 0.4) is 0 Å². The second-order valence-corrected chi connectivity index (χ2v) is 7.81. The van der Waals surface area contributed by atoms with Crippen LogP contribution in [0.5, 0.6) is 0 Å². The van der Waals surface area contributed by atoms with Crippen molar-refractivity contribution in [3.63, 3.8) is 0 Å². The molecule has 5 atom stereocenters. The number of unbranched alkanes of at least 4 members (excludes halogenated alkanes) is 1. The molecule has 0 spiro atoms. The molecule has 5 unspecified atom stereocenters. The SMILES string of the molecule is CCCCC(C)CC=CCC1CC1C(C)C(C)C(C)C. The molecule has 1 aliphatic rings. The van der Waals surface area contributed by atoms with Gasteiger partial charge in [-0.3, -0.25) is 0 Å². The van der Waals surface area contributed by atoms with Crippen molar-refractivity contribution < 1.29 is 0 Å². The van der Waals surface area contributed by atoms with Crippen LogP contribution in [0.15, 0.2) is 12.2 Å². The maximum Gasteiger partial charge on any atom is -0.0319 e. The van der Waals surface area contributed by atoms with Gasteiger partial charge in [-0.05, 0) is 54.8 Å². The molecule has 0 bridgehead atoms. The fraction of sp³-hybridized carbons (Fsp3) is 0.900. The minimum Gasteiger partial charge on any atom is -0.0883 e. The van der Waals surface area contributed by atoms with Gasteiger partial charge in [0.05, 0.1) is 0 Å². The third-order valence-corrected chi connectivity index (χ3v) is 5.73. The highest BCUT2D eigenvalue weighted by molar-refractivity contribution is 4.97. The molecule has 0 aromatic heterocycles. The van der Waals surface area contributed by atoms with E-state index in [4.69, 9.17) is 0 Å². The molecule has 0 nitrogen and oxygen atoms in total. The highest BCUT2D eigenvalue weighted by Crippen LogP contribution is 2.50. The summed E-state index contributed by atoms with van der Waals surface area (Å²) in [5, 5.41) is 0. The summed E-state index contributed by atoms with van der Waals surface area (Å²) in [5.41, 5.74) is 0. The standard InChI is InChI=1S/C20H38/c1-7-8-11-16(4)12-9-10-13-19-14-20(19)18(6)17(5)15(2)3/h9-10,15-20H,7-8,11-14H2,1-6H3. The molecule has 0 N–H and O–H groups in total. The molecule has 1 rings (SSSR count). The molecule has 1 saturated carbocycles. The normalized spacial score (nSPS) is 26.9. The maximum atomic E-state index is 2.48. The average molecular weight is 279 g/mol. The Morgan fingerprint density at radius 3 is 2.35 bits per heavy atom. The maximum absolute atomic E-state index is 2.48. The van der Waals surface area contributed by atoms with Crippen LogP contribution in [-0.4, -0.2) is 0 Å². The lowest BCUT2D eigenvalue weighted by Gasteiger charge is -2.23. The Morgan fingerprint density at radius 2 is 1.75 bits per heavy atom. The van der Waals surface area contributed by atoms with E-state index in [1.807, 2.05) is 0 Å². The van der Waals surface area contributed by atoms with Gasteiger partial charge in [-0.15, -0.1) is 0 Å². The van der Waals surface area contributed by atoms with E-state index in [0.717, 1.165) is 35.5 Å². The Bertz CT molecular complexity index is 276. The predicted octanol–water partition coefficient (Wildman–Crippen LogP) is 6.71. The summed E-state index contributed by atoms with van der Waals surface area (Å²) in [5.74, 6) is 5.50. The van der Waals surface area contributed by atoms with Crippen molar-refractivity contribution >= 4 is 0 Å². The van der Waals surface area contributed by atoms with Crippen LogP contribution >= 0.6 is 0 Å². The van der Waals surface area contributed by atoms with Crippen LogP contribution < -0.4 is 0 Å². The lowest BCUT2D eigenvalue weighted by molar-refractivity contribution is 0.259. The average Bonchev–Trinajstić information content (AvgIpc) is 3.19. The molecule has 0 heterocycles. The second kappa shape index (κ2) is 8.90. The number of hydrogen-bond donors (Lipinski definition) is 0. The Labute approximate surface area is 128 Å². The van der Waals surface area contributed by atoms with E-state index >= 15 is 0 Å². The molecule has 0 saturated heterocycles. The molecule has 0 aromatic carbocycles. The number of hydrogen-bond acceptors (Lipinski definition) is 0. The van der Waals surface area contributed by atoms with Crippen LogP contribution in [0.25, 0.3) is 0 Å². The minimum atomic E-state index is 0.834. The van der Waals surface area contributed by atoms with Gasteiger partial charge in [0, 0.05) is 0 Å². The lowest BCUT2D eigenvalue weighted by Crippen LogP contribution is -2.16. The fourth-order valence-electron chi connectivity index (χ4n) is 3.45. The summed E-state index contributed by atoms with van der Waals surface area (Å²) in [6.45, 7) is 14.3. The summed E-state index contributed by atoms with van der Waals surface area (Å²) in [4.78, 5) is 0. The molecule has 20 heavy (non-hydrogen) atoms. The van der Waals surface area contributed by atoms with Crippen molar-refractivity contribution in [1.82, 2.24) is 0 Å². The van der Waals surface area contributed by atoms with Gasteiger partial charge in [0.15, 0.2) is 0 Å². The van der Waals surface area contributed by atoms with Crippen LogP contribution in [0.1, 0.15) is 80.1 Å². The third kappa shape index (κ3) is 6.02. The van der Waals surface area contributed by atoms with Crippen molar-refractivity contribution in [2.45, 2.75) is 80.1 Å². The smallest absolute Gasteiger partial charge is 0.0319 e. The summed E-state index contributed by atoms with van der Waals surface area (Å²) >= 11 is 0. The quantitative estimate of drug-likeness (QED) is 0.389. The van der Waals surface area contributed by atoms with Crippen molar-refractivity contribution in [2.75, 3.05) is 0 Å². The van der Waals surface area contributed by atoms with Crippen molar-refractivity contribution in [3.8, 4) is 0 Å². The highest BCUT2D eigenvalue weighted by Gasteiger charge is 2.41. The fourth-order valence-corrected chi connectivity index (χ4v) is 3.45. The van der Waals surface area contributed by atoms with Crippen LogP contribution in [0, 0.1) is 35.5 Å². The molecule has 0 radical (unpaired) electrons. The summed E-state index contributed by atoms with van der Waals surface area (Å²) in [6, 6.07) is 0. The summed E-state index contributed by atoms with van der Waals surface area (Å²) in [7, 11) is 0. The second-order valence-electron chi connectivity index (χ2n) is 7.81. The lowest BCUT2D eigenvalue weighted by atomic mass is 9.82. The van der Waals surface area contributed by atoms with Gasteiger partial charge >= 0.3 is 0 Å². The first-order valence-electron chi connectivity index (χ1n) is 9.12. The van der Waals surface area contributed by atoms with Gasteiger partial charge < -0.3 is 0 Å². The molecule has 118 valence electrons. The Morgan fingerprint density at radius 1 is 1.05 bits per heavy atom. The van der Waals surface area contributed by atoms with Gasteiger partial charge in [0.1, 0.15) is 0 Å². The van der Waals surface area contributed by atoms with E-state index in [1.165, 1.54) is 38.5 Å². The van der Waals surface area contributed by atoms with Crippen molar-refractivity contribution in [2.24, 2.45) is 35.5 Å². The zero-order valence-corrected chi connectivity index (χ0v) is 14.9. The Hall–Kier alpha value is -0.260. The van der Waals surface area contributed by atoms with Crippen molar-refractivity contribution in [3.05, 3.63) is 12.2 Å². The zero-order chi connectivity index (χ0) is 15.1. The summed E-state index contributed by atoms with van der Waals surface area (Å²) < 4.78 is 0. The van der Waals surface area contributed by atoms with Crippen molar-refractivity contribution in [1.29, 1.82) is 0 Å². The van der Waals surface area contributed by atoms with Gasteiger partial charge in [0.25, 0.3) is 0 Å². The largest absolute Gasteiger partial charge is 0.0883 e. The van der Waals surface area contributed by atoms with E-state index in [0.29, 0.717) is 0 Å². The number of rotatable bonds is 10. The molecule has 1 aliphatic carbocycles. The van der Waals surface area contributed by atoms with E-state index in [-0.39, 0.29) is 0 Å². The van der Waals surface area contributed by atoms with Crippen LogP contribution in [-0.2, 0) is 0 Å². The zero-order valence-electron chi connectivity index (χ0n) is 14.9. The monoisotopic (exact) mass is 278 g/mol. The first-order chi connectivity index (χ1) is 9.47. The summed E-state index contributed by atoms with van der Waals surface area (Å²) in [6.07, 6.45) is 13.2. The van der Waals surface area contributed by atoms with E-state index in [1.54, 1.807) is 0 Å². The van der Waals surface area contributed by atoms with Gasteiger partial charge in [0.2, 0.25) is 0 Å². The molecule has 0 aliphatic heterocycles. The number of allylic oxidation sites excluding steroid dienone is 2. The Balaban J connectivity index is 2.16. The first-order valence-corrected chi connectivity index (χ1v) is 9.12. The molecule has 0 amide bonds. The Kier molecular flexibility index (Phi) is 7.92. The predicted molar refractivity (Wildman–Crippen MR) is 91.8 cm³/mol. The molecule has 0 aromatic rings.